The van der Waals surface area contributed by atoms with Gasteiger partial charge in [-0.25, -0.2) is 0 Å². The summed E-state index contributed by atoms with van der Waals surface area (Å²) in [5.74, 6) is 1.29. The van der Waals surface area contributed by atoms with E-state index in [2.05, 4.69) is 13.8 Å². The Balaban J connectivity index is 0. The van der Waals surface area contributed by atoms with Crippen molar-refractivity contribution in [2.24, 2.45) is 23.7 Å². The van der Waals surface area contributed by atoms with Crippen LogP contribution in [0.1, 0.15) is 97.3 Å². The molecule has 2 aliphatic rings. The van der Waals surface area contributed by atoms with Crippen molar-refractivity contribution >= 4 is 11.9 Å². The molecule has 0 aliphatic heterocycles. The summed E-state index contributed by atoms with van der Waals surface area (Å²) < 4.78 is 0. The molecule has 2 aliphatic carbocycles. The number of carboxylic acids is 2. The quantitative estimate of drug-likeness (QED) is 0.520. The average molecular weight is 462 g/mol. The molecule has 2 atom stereocenters. The van der Waals surface area contributed by atoms with Crippen molar-refractivity contribution in [3.8, 4) is 0 Å². The van der Waals surface area contributed by atoms with Crippen molar-refractivity contribution in [3.05, 3.63) is 0 Å². The van der Waals surface area contributed by atoms with Crippen LogP contribution in [0.15, 0.2) is 0 Å². The Hall–Kier alpha value is -0.0210. The van der Waals surface area contributed by atoms with Crippen LogP contribution < -0.4 is 10.2 Å². The molecule has 0 aromatic heterocycles. The van der Waals surface area contributed by atoms with E-state index in [1.54, 1.807) is 0 Å². The van der Waals surface area contributed by atoms with E-state index in [0.717, 1.165) is 24.7 Å². The summed E-state index contributed by atoms with van der Waals surface area (Å²) >= 11 is 0. The van der Waals surface area contributed by atoms with Crippen LogP contribution in [0.4, 0.5) is 0 Å². The fourth-order valence-corrected chi connectivity index (χ4v) is 4.38. The molecule has 2 unspecified atom stereocenters. The van der Waals surface area contributed by atoms with E-state index in [9.17, 15) is 19.8 Å². The fourth-order valence-electron chi connectivity index (χ4n) is 4.38. The molecule has 0 aromatic rings. The Labute approximate surface area is 186 Å². The van der Waals surface area contributed by atoms with E-state index >= 15 is 0 Å². The normalized spacial score (nSPS) is 26.7. The molecule has 2 rings (SSSR count). The van der Waals surface area contributed by atoms with Gasteiger partial charge in [0.2, 0.25) is 0 Å². The molecule has 0 aromatic carbocycles. The Morgan fingerprint density at radius 2 is 1.04 bits per heavy atom. The molecule has 0 amide bonds. The Morgan fingerprint density at radius 3 is 1.44 bits per heavy atom. The third kappa shape index (κ3) is 13.7. The number of hydrogen-bond donors (Lipinski definition) is 0. The maximum Gasteiger partial charge on any atom is 2.00 e. The SMILES string of the molecule is CCC1CCC(CCC(=O)[O-])C1.CCC1CCC(CCC(=O)[O-])CC1.[Mn+2].[Mn+2]. The molecule has 4 nitrogen and oxygen atoms in total. The molecule has 2 radical (unpaired) electrons. The van der Waals surface area contributed by atoms with Gasteiger partial charge in [0.15, 0.2) is 0 Å². The van der Waals surface area contributed by atoms with Gasteiger partial charge in [0.1, 0.15) is 0 Å². The standard InChI is InChI=1S/C11H20O2.C10H18O2.2Mn/c1-2-9-3-5-10(6-4-9)7-8-11(12)13;1-2-8-3-4-9(7-8)5-6-10(11)12;;/h9-10H,2-8H2,1H3,(H,12,13);8-9H,2-7H2,1H3,(H,11,12);;/q;;2*+2/p-2. The van der Waals surface area contributed by atoms with Crippen LogP contribution in [-0.4, -0.2) is 11.9 Å². The summed E-state index contributed by atoms with van der Waals surface area (Å²) in [6.45, 7) is 4.46. The Bertz CT molecular complexity index is 396. The van der Waals surface area contributed by atoms with Gasteiger partial charge in [0.25, 0.3) is 0 Å². The molecule has 27 heavy (non-hydrogen) atoms. The minimum atomic E-state index is -0.894. The average Bonchev–Trinajstić information content (AvgIpc) is 3.07. The van der Waals surface area contributed by atoms with Crippen molar-refractivity contribution in [3.63, 3.8) is 0 Å². The Kier molecular flexibility index (Phi) is 18.3. The summed E-state index contributed by atoms with van der Waals surface area (Å²) in [7, 11) is 0. The van der Waals surface area contributed by atoms with E-state index in [1.165, 1.54) is 57.8 Å². The second-order valence-corrected chi connectivity index (χ2v) is 8.07. The van der Waals surface area contributed by atoms with Gasteiger partial charge >= 0.3 is 34.1 Å². The molecule has 0 saturated heterocycles. The third-order valence-corrected chi connectivity index (χ3v) is 6.28. The van der Waals surface area contributed by atoms with Crippen LogP contribution in [0.25, 0.3) is 0 Å². The first-order valence-electron chi connectivity index (χ1n) is 10.3. The van der Waals surface area contributed by atoms with Crippen LogP contribution in [0.3, 0.4) is 0 Å². The zero-order chi connectivity index (χ0) is 18.7. The maximum absolute atomic E-state index is 10.3. The predicted octanol–water partition coefficient (Wildman–Crippen LogP) is 3.07. The van der Waals surface area contributed by atoms with E-state index in [0.29, 0.717) is 11.8 Å². The summed E-state index contributed by atoms with van der Waals surface area (Å²) in [5, 5.41) is 20.4. The minimum Gasteiger partial charge on any atom is -0.550 e. The first kappa shape index (κ1) is 29.2. The number of rotatable bonds is 8. The first-order chi connectivity index (χ1) is 11.9. The molecular weight excluding hydrogens is 426 g/mol. The van der Waals surface area contributed by atoms with Gasteiger partial charge < -0.3 is 19.8 Å². The summed E-state index contributed by atoms with van der Waals surface area (Å²) in [5.41, 5.74) is 0. The van der Waals surface area contributed by atoms with Gasteiger partial charge in [0, 0.05) is 11.9 Å². The fraction of sp³-hybridized carbons (Fsp3) is 0.905. The smallest absolute Gasteiger partial charge is 0.550 e. The molecule has 2 fully saturated rings. The minimum absolute atomic E-state index is 0. The van der Waals surface area contributed by atoms with Crippen LogP contribution in [0, 0.1) is 23.7 Å². The van der Waals surface area contributed by atoms with Crippen molar-refractivity contribution in [2.75, 3.05) is 0 Å². The van der Waals surface area contributed by atoms with Gasteiger partial charge in [-0.05, 0) is 55.8 Å². The van der Waals surface area contributed by atoms with Crippen LogP contribution in [0.5, 0.6) is 0 Å². The summed E-state index contributed by atoms with van der Waals surface area (Å²) in [4.78, 5) is 20.4. The topological polar surface area (TPSA) is 80.3 Å². The maximum atomic E-state index is 10.3. The number of carbonyl (C=O) groups is 2. The largest absolute Gasteiger partial charge is 2.00 e. The van der Waals surface area contributed by atoms with Crippen LogP contribution in [0.2, 0.25) is 0 Å². The molecule has 6 heteroatoms. The molecular formula is C21H36Mn2O4+2. The van der Waals surface area contributed by atoms with Crippen molar-refractivity contribution < 1.29 is 53.9 Å². The van der Waals surface area contributed by atoms with Gasteiger partial charge in [-0.2, -0.15) is 0 Å². The van der Waals surface area contributed by atoms with Gasteiger partial charge in [-0.1, -0.05) is 65.2 Å². The molecule has 0 heterocycles. The zero-order valence-electron chi connectivity index (χ0n) is 16.9. The predicted molar refractivity (Wildman–Crippen MR) is 95.3 cm³/mol. The van der Waals surface area contributed by atoms with E-state index in [1.807, 2.05) is 0 Å². The van der Waals surface area contributed by atoms with Gasteiger partial charge in [-0.15, -0.1) is 0 Å². The number of aliphatic carboxylic acids is 2. The molecule has 0 bridgehead atoms. The summed E-state index contributed by atoms with van der Waals surface area (Å²) in [6, 6.07) is 0. The van der Waals surface area contributed by atoms with Gasteiger partial charge in [-0.3, -0.25) is 0 Å². The third-order valence-electron chi connectivity index (χ3n) is 6.28. The van der Waals surface area contributed by atoms with Crippen LogP contribution in [-0.2, 0) is 43.7 Å². The van der Waals surface area contributed by atoms with Crippen LogP contribution >= 0.6 is 0 Å². The van der Waals surface area contributed by atoms with Crippen molar-refractivity contribution in [1.82, 2.24) is 0 Å². The van der Waals surface area contributed by atoms with Crippen molar-refractivity contribution in [2.45, 2.75) is 97.3 Å². The van der Waals surface area contributed by atoms with E-state index in [4.69, 9.17) is 0 Å². The second-order valence-electron chi connectivity index (χ2n) is 8.07. The molecule has 2 saturated carbocycles. The number of hydrogen-bond acceptors (Lipinski definition) is 4. The second kappa shape index (κ2) is 16.9. The number of carbonyl (C=O) groups excluding carboxylic acids is 2. The van der Waals surface area contributed by atoms with E-state index < -0.39 is 11.9 Å². The number of carboxylic acid groups (broad SMARTS) is 2. The molecule has 0 spiro atoms. The molecule has 0 N–H and O–H groups in total. The summed E-state index contributed by atoms with van der Waals surface area (Å²) in [6.07, 6.45) is 13.5. The first-order valence-corrected chi connectivity index (χ1v) is 10.3. The zero-order valence-corrected chi connectivity index (χ0v) is 19.3. The Morgan fingerprint density at radius 1 is 0.667 bits per heavy atom. The van der Waals surface area contributed by atoms with Crippen molar-refractivity contribution in [1.29, 1.82) is 0 Å². The molecule has 156 valence electrons. The van der Waals surface area contributed by atoms with E-state index in [-0.39, 0.29) is 47.0 Å². The monoisotopic (exact) mass is 462 g/mol. The van der Waals surface area contributed by atoms with Gasteiger partial charge in [0.05, 0.1) is 0 Å².